The van der Waals surface area contributed by atoms with Gasteiger partial charge in [0.25, 0.3) is 5.91 Å². The molecule has 1 saturated heterocycles. The third-order valence-electron chi connectivity index (χ3n) is 7.47. The number of nitrogens with one attached hydrogen (secondary N) is 3. The van der Waals surface area contributed by atoms with Crippen LogP contribution in [0.2, 0.25) is 0 Å². The Morgan fingerprint density at radius 3 is 2.58 bits per heavy atom. The van der Waals surface area contributed by atoms with Crippen LogP contribution >= 0.6 is 0 Å². The van der Waals surface area contributed by atoms with E-state index in [0.717, 1.165) is 37.8 Å². The fraction of sp³-hybridized carbons (Fsp3) is 0.481. The van der Waals surface area contributed by atoms with Gasteiger partial charge < -0.3 is 14.8 Å². The van der Waals surface area contributed by atoms with Crippen LogP contribution in [0.5, 0.6) is 0 Å². The third kappa shape index (κ3) is 5.42. The molecule has 9 heteroatoms. The number of hydroxylamine groups is 1. The van der Waals surface area contributed by atoms with E-state index in [1.807, 2.05) is 4.57 Å². The van der Waals surface area contributed by atoms with Crippen molar-refractivity contribution >= 4 is 28.6 Å². The zero-order valence-corrected chi connectivity index (χ0v) is 20.9. The molecule has 2 fully saturated rings. The molecule has 3 aromatic rings. The fourth-order valence-electron chi connectivity index (χ4n) is 5.47. The summed E-state index contributed by atoms with van der Waals surface area (Å²) < 4.78 is 1.98. The molecular weight excluding hydrogens is 456 g/mol. The third-order valence-corrected chi connectivity index (χ3v) is 7.47. The van der Waals surface area contributed by atoms with E-state index in [-0.39, 0.29) is 11.6 Å². The van der Waals surface area contributed by atoms with Gasteiger partial charge in [-0.05, 0) is 30.5 Å². The van der Waals surface area contributed by atoms with Crippen molar-refractivity contribution in [1.82, 2.24) is 20.0 Å². The van der Waals surface area contributed by atoms with E-state index in [1.165, 1.54) is 57.8 Å². The summed E-state index contributed by atoms with van der Waals surface area (Å²) in [4.78, 5) is 41.2. The smallest absolute Gasteiger partial charge is 0.280 e. The first kappa shape index (κ1) is 24.4. The van der Waals surface area contributed by atoms with Crippen molar-refractivity contribution < 1.29 is 14.5 Å². The number of quaternary nitrogens is 1. The summed E-state index contributed by atoms with van der Waals surface area (Å²) >= 11 is 0. The molecule has 0 atom stereocenters. The van der Waals surface area contributed by atoms with Crippen LogP contribution in [0.4, 0.5) is 11.6 Å². The zero-order valence-electron chi connectivity index (χ0n) is 20.9. The minimum Gasteiger partial charge on any atom is -0.335 e. The number of amides is 1. The number of rotatable bonds is 8. The van der Waals surface area contributed by atoms with Crippen molar-refractivity contribution in [2.24, 2.45) is 0 Å². The molecule has 2 aliphatic rings. The van der Waals surface area contributed by atoms with E-state index >= 15 is 0 Å². The number of fused-ring (bicyclic) bond motifs is 1. The minimum atomic E-state index is -0.567. The summed E-state index contributed by atoms with van der Waals surface area (Å²) in [6.07, 6.45) is 12.3. The van der Waals surface area contributed by atoms with Crippen molar-refractivity contribution in [1.29, 1.82) is 0 Å². The van der Waals surface area contributed by atoms with E-state index in [2.05, 4.69) is 40.0 Å². The lowest BCUT2D eigenvalue weighted by atomic mass is 9.95. The summed E-state index contributed by atoms with van der Waals surface area (Å²) in [5.41, 5.74) is 4.67. The Morgan fingerprint density at radius 1 is 1.11 bits per heavy atom. The average molecular weight is 492 g/mol. The Morgan fingerprint density at radius 2 is 1.86 bits per heavy atom. The van der Waals surface area contributed by atoms with Crippen LogP contribution in [-0.4, -0.2) is 47.2 Å². The second kappa shape index (κ2) is 11.2. The Kier molecular flexibility index (Phi) is 7.58. The number of aromatic nitrogens is 3. The topological polar surface area (TPSA) is 103 Å². The van der Waals surface area contributed by atoms with Crippen molar-refractivity contribution in [3.63, 3.8) is 0 Å². The highest BCUT2D eigenvalue weighted by Crippen LogP contribution is 2.30. The predicted octanol–water partition coefficient (Wildman–Crippen LogP) is 2.55. The van der Waals surface area contributed by atoms with Crippen LogP contribution in [0.15, 0.2) is 41.5 Å². The molecule has 1 aliphatic carbocycles. The summed E-state index contributed by atoms with van der Waals surface area (Å²) in [5.74, 6) is -0.141. The van der Waals surface area contributed by atoms with Crippen LogP contribution in [-0.2, 0) is 11.3 Å². The van der Waals surface area contributed by atoms with E-state index in [1.54, 1.807) is 11.1 Å². The first-order valence-corrected chi connectivity index (χ1v) is 13.1. The second-order valence-electron chi connectivity index (χ2n) is 9.92. The molecule has 9 nitrogen and oxygen atoms in total. The Hall–Kier alpha value is -3.30. The van der Waals surface area contributed by atoms with E-state index in [0.29, 0.717) is 17.0 Å². The number of likely N-dealkylation sites (tertiary alicyclic amines) is 1. The number of benzene rings is 1. The van der Waals surface area contributed by atoms with Gasteiger partial charge in [0.05, 0.1) is 32.1 Å². The number of carbonyl (C=O) groups excluding carboxylic acids is 1. The highest BCUT2D eigenvalue weighted by Gasteiger charge is 2.23. The Labute approximate surface area is 210 Å². The molecule has 3 N–H and O–H groups in total. The highest BCUT2D eigenvalue weighted by molar-refractivity contribution is 5.96. The van der Waals surface area contributed by atoms with Gasteiger partial charge in [0.2, 0.25) is 11.4 Å². The Balaban J connectivity index is 1.41. The van der Waals surface area contributed by atoms with Crippen molar-refractivity contribution in [3.05, 3.63) is 58.0 Å². The number of carbonyl (C=O) groups is 1. The van der Waals surface area contributed by atoms with E-state index < -0.39 is 11.3 Å². The van der Waals surface area contributed by atoms with Crippen molar-refractivity contribution in [3.8, 4) is 0 Å². The Bertz CT molecular complexity index is 1260. The summed E-state index contributed by atoms with van der Waals surface area (Å²) in [5, 5.41) is 3.61. The van der Waals surface area contributed by atoms with Crippen LogP contribution in [0.25, 0.3) is 11.0 Å². The summed E-state index contributed by atoms with van der Waals surface area (Å²) in [6.45, 7) is 3.77. The van der Waals surface area contributed by atoms with Gasteiger partial charge in [-0.3, -0.25) is 14.4 Å². The minimum absolute atomic E-state index is 0.0330. The normalized spacial score (nSPS) is 16.9. The molecule has 5 rings (SSSR count). The average Bonchev–Trinajstić information content (AvgIpc) is 3.43. The molecule has 1 saturated carbocycles. The van der Waals surface area contributed by atoms with Crippen LogP contribution in [0.1, 0.15) is 66.9 Å². The van der Waals surface area contributed by atoms with Crippen LogP contribution < -0.4 is 21.1 Å². The zero-order chi connectivity index (χ0) is 24.9. The van der Waals surface area contributed by atoms with Gasteiger partial charge in [-0.15, -0.1) is 0 Å². The number of pyridine rings is 1. The lowest BCUT2D eigenvalue weighted by Crippen LogP contribution is -3.10. The second-order valence-corrected chi connectivity index (χ2v) is 9.92. The van der Waals surface area contributed by atoms with Gasteiger partial charge >= 0.3 is 0 Å². The lowest BCUT2D eigenvalue weighted by Gasteiger charge is -2.26. The van der Waals surface area contributed by atoms with Crippen LogP contribution in [0, 0.1) is 0 Å². The van der Waals surface area contributed by atoms with Gasteiger partial charge in [-0.1, -0.05) is 31.4 Å². The molecule has 36 heavy (non-hydrogen) atoms. The van der Waals surface area contributed by atoms with E-state index in [9.17, 15) is 9.59 Å². The quantitative estimate of drug-likeness (QED) is 0.419. The van der Waals surface area contributed by atoms with Gasteiger partial charge in [0.15, 0.2) is 0 Å². The molecule has 1 amide bonds. The molecule has 2 aromatic heterocycles. The van der Waals surface area contributed by atoms with Gasteiger partial charge in [0.1, 0.15) is 11.2 Å². The summed E-state index contributed by atoms with van der Waals surface area (Å²) in [6, 6.07) is 8.58. The standard InChI is InChI=1S/C27H34N6O3/c1-36-31-26(35)23-18-33(21-7-3-2-4-8-21)25-22(24(23)34)17-28-27(30-25)29-20-11-9-19(10-12-20)13-16-32-14-5-6-15-32/h9-12,17-18,21H,2-8,13-16H2,1H3,(H,31,35)(H,28,29,30)/p+1. The number of nitrogens with zero attached hydrogens (tertiary/aromatic N) is 3. The maximum atomic E-state index is 13.1. The first-order valence-electron chi connectivity index (χ1n) is 13.1. The maximum Gasteiger partial charge on any atom is 0.280 e. The van der Waals surface area contributed by atoms with Crippen LogP contribution in [0.3, 0.4) is 0 Å². The SMILES string of the molecule is CONC(=O)c1cn(C2CCCCC2)c2nc(Nc3ccc(CC[NH+]4CCCC4)cc3)ncc2c1=O. The number of anilines is 2. The molecule has 0 spiro atoms. The molecular formula is C27H35N6O3+. The molecule has 3 heterocycles. The largest absolute Gasteiger partial charge is 0.335 e. The lowest BCUT2D eigenvalue weighted by molar-refractivity contribution is -0.887. The monoisotopic (exact) mass is 491 g/mol. The molecule has 0 bridgehead atoms. The van der Waals surface area contributed by atoms with E-state index in [4.69, 9.17) is 9.82 Å². The maximum absolute atomic E-state index is 13.1. The van der Waals surface area contributed by atoms with Gasteiger partial charge in [-0.25, -0.2) is 10.5 Å². The molecule has 190 valence electrons. The number of hydrogen-bond acceptors (Lipinski definition) is 6. The highest BCUT2D eigenvalue weighted by atomic mass is 16.6. The van der Waals surface area contributed by atoms with Gasteiger partial charge in [0, 0.05) is 43.4 Å². The molecule has 0 radical (unpaired) electrons. The van der Waals surface area contributed by atoms with Crippen molar-refractivity contribution in [2.75, 3.05) is 32.1 Å². The number of hydrogen-bond donors (Lipinski definition) is 3. The van der Waals surface area contributed by atoms with Crippen molar-refractivity contribution in [2.45, 2.75) is 57.4 Å². The molecule has 1 aromatic carbocycles. The summed E-state index contributed by atoms with van der Waals surface area (Å²) in [7, 11) is 1.35. The first-order chi connectivity index (χ1) is 17.6. The fourth-order valence-corrected chi connectivity index (χ4v) is 5.47. The molecule has 0 unspecified atom stereocenters. The predicted molar refractivity (Wildman–Crippen MR) is 139 cm³/mol. The molecule has 1 aliphatic heterocycles. The van der Waals surface area contributed by atoms with Gasteiger partial charge in [-0.2, -0.15) is 4.98 Å².